The molecule has 0 saturated carbocycles. The summed E-state index contributed by atoms with van der Waals surface area (Å²) < 4.78 is 13.4. The maximum atomic E-state index is 12.7. The zero-order chi connectivity index (χ0) is 29.1. The molecule has 2 aromatic heterocycles. The molecule has 2 aromatic rings. The van der Waals surface area contributed by atoms with Crippen molar-refractivity contribution in [1.82, 2.24) is 45.5 Å². The minimum Gasteiger partial charge on any atom is -0.444 e. The van der Waals surface area contributed by atoms with E-state index < -0.39 is 29.3 Å². The molecule has 2 heterocycles. The predicted octanol–water partition coefficient (Wildman–Crippen LogP) is 1.76. The van der Waals surface area contributed by atoms with Crippen molar-refractivity contribution in [2.45, 2.75) is 78.9 Å². The van der Waals surface area contributed by atoms with Crippen LogP contribution in [0, 0.1) is 0 Å². The average Bonchev–Trinajstić information content (AvgIpc) is 3.44. The first-order chi connectivity index (χ1) is 18.2. The number of carbonyl (C=O) groups is 3. The number of nitrogens with one attached hydrogen (secondary N) is 2. The van der Waals surface area contributed by atoms with Crippen molar-refractivity contribution >= 4 is 18.1 Å². The van der Waals surface area contributed by atoms with Gasteiger partial charge < -0.3 is 25.0 Å². The highest BCUT2D eigenvalue weighted by Crippen LogP contribution is 2.09. The number of aromatic nitrogens is 6. The number of carbonyl (C=O) groups excluding carboxylic acids is 3. The standard InChI is InChI=1S/C22H36N12O5/c1-21(2,3)38-19(36)24-7-9-33-14-16(27-30-33)12-32(18(35)11-26-29-23)13-17-15-34(31-28-17)10-8-25-20(37)39-22(4,5)6/h14-15H,7-13H2,1-6H3,(H,24,36)(H,25,37). The van der Waals surface area contributed by atoms with E-state index in [-0.39, 0.29) is 32.7 Å². The molecule has 17 nitrogen and oxygen atoms in total. The van der Waals surface area contributed by atoms with Gasteiger partial charge in [0, 0.05) is 18.0 Å². The van der Waals surface area contributed by atoms with Gasteiger partial charge in [0.25, 0.3) is 0 Å². The molecule has 39 heavy (non-hydrogen) atoms. The van der Waals surface area contributed by atoms with E-state index in [0.717, 1.165) is 0 Å². The number of hydrogen-bond donors (Lipinski definition) is 2. The van der Waals surface area contributed by atoms with Gasteiger partial charge in [0.05, 0.1) is 38.6 Å². The van der Waals surface area contributed by atoms with Crippen LogP contribution in [0.1, 0.15) is 52.9 Å². The Kier molecular flexibility index (Phi) is 11.0. The molecule has 2 rings (SSSR count). The maximum Gasteiger partial charge on any atom is 0.407 e. The third-order valence-corrected chi connectivity index (χ3v) is 4.52. The van der Waals surface area contributed by atoms with Gasteiger partial charge in [-0.3, -0.25) is 14.2 Å². The van der Waals surface area contributed by atoms with Crippen LogP contribution in [0.2, 0.25) is 0 Å². The second-order valence-corrected chi connectivity index (χ2v) is 10.4. The Hall–Kier alpha value is -4.40. The minimum atomic E-state index is -0.599. The van der Waals surface area contributed by atoms with Gasteiger partial charge in [0.1, 0.15) is 29.1 Å². The van der Waals surface area contributed by atoms with Gasteiger partial charge >= 0.3 is 12.2 Å². The number of amides is 3. The van der Waals surface area contributed by atoms with Crippen LogP contribution in [-0.2, 0) is 40.4 Å². The number of nitrogens with zero attached hydrogens (tertiary/aromatic N) is 10. The molecule has 2 N–H and O–H groups in total. The predicted molar refractivity (Wildman–Crippen MR) is 137 cm³/mol. The Balaban J connectivity index is 1.93. The lowest BCUT2D eigenvalue weighted by Gasteiger charge is -2.19. The first-order valence-electron chi connectivity index (χ1n) is 12.2. The Labute approximate surface area is 225 Å². The largest absolute Gasteiger partial charge is 0.444 e. The number of hydrogen-bond acceptors (Lipinski definition) is 10. The van der Waals surface area contributed by atoms with Gasteiger partial charge in [-0.15, -0.1) is 10.2 Å². The van der Waals surface area contributed by atoms with Crippen LogP contribution >= 0.6 is 0 Å². The molecule has 0 fully saturated rings. The molecular formula is C22H36N12O5. The molecule has 0 aliphatic heterocycles. The fourth-order valence-corrected chi connectivity index (χ4v) is 3.03. The summed E-state index contributed by atoms with van der Waals surface area (Å²) in [6.45, 7) is 11.6. The van der Waals surface area contributed by atoms with E-state index in [1.54, 1.807) is 53.9 Å². The summed E-state index contributed by atoms with van der Waals surface area (Å²) in [6.07, 6.45) is 2.21. The van der Waals surface area contributed by atoms with Crippen molar-refractivity contribution in [2.75, 3.05) is 19.6 Å². The van der Waals surface area contributed by atoms with E-state index in [1.807, 2.05) is 0 Å². The van der Waals surface area contributed by atoms with Crippen LogP contribution in [0.3, 0.4) is 0 Å². The molecule has 0 bridgehead atoms. The third-order valence-electron chi connectivity index (χ3n) is 4.52. The van der Waals surface area contributed by atoms with Gasteiger partial charge in [0.2, 0.25) is 5.91 Å². The van der Waals surface area contributed by atoms with Crippen molar-refractivity contribution in [2.24, 2.45) is 5.11 Å². The van der Waals surface area contributed by atoms with Crippen LogP contribution in [0.25, 0.3) is 10.4 Å². The zero-order valence-corrected chi connectivity index (χ0v) is 23.1. The molecule has 0 aromatic carbocycles. The Bertz CT molecular complexity index is 1080. The smallest absolute Gasteiger partial charge is 0.407 e. The van der Waals surface area contributed by atoms with Crippen LogP contribution in [-0.4, -0.2) is 83.8 Å². The van der Waals surface area contributed by atoms with Gasteiger partial charge in [0.15, 0.2) is 0 Å². The SMILES string of the molecule is CC(C)(C)OC(=O)NCCn1cc(CN(Cc2cn(CCNC(=O)OC(C)(C)C)nn2)C(=O)CN=[N+]=[N-])nn1. The van der Waals surface area contributed by atoms with E-state index in [0.29, 0.717) is 24.5 Å². The number of alkyl carbamates (subject to hydrolysis) is 2. The summed E-state index contributed by atoms with van der Waals surface area (Å²) in [4.78, 5) is 40.3. The van der Waals surface area contributed by atoms with E-state index in [2.05, 4.69) is 41.3 Å². The lowest BCUT2D eigenvalue weighted by atomic mass is 10.2. The van der Waals surface area contributed by atoms with Crippen LogP contribution in [0.15, 0.2) is 17.5 Å². The number of azide groups is 1. The Morgan fingerprint density at radius 2 is 1.33 bits per heavy atom. The monoisotopic (exact) mass is 548 g/mol. The number of ether oxygens (including phenoxy) is 2. The zero-order valence-electron chi connectivity index (χ0n) is 23.1. The van der Waals surface area contributed by atoms with E-state index in [1.165, 1.54) is 14.3 Å². The maximum absolute atomic E-state index is 12.7. The van der Waals surface area contributed by atoms with Crippen molar-refractivity contribution in [3.05, 3.63) is 34.2 Å². The van der Waals surface area contributed by atoms with Gasteiger partial charge in [-0.2, -0.15) is 0 Å². The van der Waals surface area contributed by atoms with E-state index in [9.17, 15) is 14.4 Å². The Morgan fingerprint density at radius 1 is 0.897 bits per heavy atom. The fraction of sp³-hybridized carbons (Fsp3) is 0.682. The van der Waals surface area contributed by atoms with Crippen LogP contribution in [0.5, 0.6) is 0 Å². The summed E-state index contributed by atoms with van der Waals surface area (Å²) in [5.41, 5.74) is 8.38. The van der Waals surface area contributed by atoms with E-state index >= 15 is 0 Å². The highest BCUT2D eigenvalue weighted by Gasteiger charge is 2.19. The average molecular weight is 549 g/mol. The van der Waals surface area contributed by atoms with Crippen molar-refractivity contribution in [1.29, 1.82) is 0 Å². The highest BCUT2D eigenvalue weighted by molar-refractivity contribution is 5.78. The fourth-order valence-electron chi connectivity index (χ4n) is 3.03. The van der Waals surface area contributed by atoms with Crippen molar-refractivity contribution in [3.8, 4) is 0 Å². The lowest BCUT2D eigenvalue weighted by molar-refractivity contribution is -0.131. The summed E-state index contributed by atoms with van der Waals surface area (Å²) in [5.74, 6) is -0.435. The summed E-state index contributed by atoms with van der Waals surface area (Å²) in [5, 5.41) is 24.8. The molecule has 3 amide bonds. The van der Waals surface area contributed by atoms with E-state index in [4.69, 9.17) is 15.0 Å². The quantitative estimate of drug-likeness (QED) is 0.225. The molecular weight excluding hydrogens is 512 g/mol. The summed E-state index contributed by atoms with van der Waals surface area (Å²) >= 11 is 0. The number of rotatable bonds is 12. The molecule has 0 atom stereocenters. The third kappa shape index (κ3) is 12.6. The summed E-state index contributed by atoms with van der Waals surface area (Å²) in [6, 6.07) is 0. The van der Waals surface area contributed by atoms with Crippen molar-refractivity contribution in [3.63, 3.8) is 0 Å². The van der Waals surface area contributed by atoms with Crippen LogP contribution in [0.4, 0.5) is 9.59 Å². The van der Waals surface area contributed by atoms with Gasteiger partial charge in [-0.1, -0.05) is 15.5 Å². The first kappa shape index (κ1) is 30.8. The molecule has 0 radical (unpaired) electrons. The highest BCUT2D eigenvalue weighted by atomic mass is 16.6. The second-order valence-electron chi connectivity index (χ2n) is 10.4. The lowest BCUT2D eigenvalue weighted by Crippen LogP contribution is -2.34. The molecule has 17 heteroatoms. The first-order valence-corrected chi connectivity index (χ1v) is 12.2. The van der Waals surface area contributed by atoms with Crippen molar-refractivity contribution < 1.29 is 23.9 Å². The topological polar surface area (TPSA) is 207 Å². The second kappa shape index (κ2) is 13.9. The molecule has 0 unspecified atom stereocenters. The Morgan fingerprint density at radius 3 is 1.72 bits per heavy atom. The molecule has 0 spiro atoms. The molecule has 214 valence electrons. The molecule has 0 aliphatic carbocycles. The summed E-state index contributed by atoms with van der Waals surface area (Å²) in [7, 11) is 0. The molecule has 0 saturated heterocycles. The van der Waals surface area contributed by atoms with Gasteiger partial charge in [-0.25, -0.2) is 9.59 Å². The normalized spacial score (nSPS) is 11.3. The molecule has 0 aliphatic rings. The van der Waals surface area contributed by atoms with Gasteiger partial charge in [-0.05, 0) is 47.1 Å². The van der Waals surface area contributed by atoms with Crippen LogP contribution < -0.4 is 10.6 Å². The minimum absolute atomic E-state index is 0.0757.